The summed E-state index contributed by atoms with van der Waals surface area (Å²) in [4.78, 5) is 31.0. The molecule has 3 rings (SSSR count). The largest absolute Gasteiger partial charge is 0.465 e. The van der Waals surface area contributed by atoms with Gasteiger partial charge in [0.05, 0.1) is 17.7 Å². The number of aryl methyl sites for hydroxylation is 2. The van der Waals surface area contributed by atoms with Gasteiger partial charge in [0.2, 0.25) is 0 Å². The van der Waals surface area contributed by atoms with Crippen molar-refractivity contribution in [1.82, 2.24) is 9.55 Å². The third-order valence-corrected chi connectivity index (χ3v) is 6.17. The van der Waals surface area contributed by atoms with Crippen LogP contribution in [-0.4, -0.2) is 27.9 Å². The molecule has 0 aliphatic heterocycles. The van der Waals surface area contributed by atoms with Gasteiger partial charge >= 0.3 is 5.97 Å². The van der Waals surface area contributed by atoms with Crippen LogP contribution in [0.15, 0.2) is 9.95 Å². The van der Waals surface area contributed by atoms with E-state index in [0.29, 0.717) is 11.8 Å². The molecule has 1 aliphatic carbocycles. The van der Waals surface area contributed by atoms with Gasteiger partial charge in [-0.25, -0.2) is 4.98 Å². The normalized spacial score (nSPS) is 13.5. The Labute approximate surface area is 143 Å². The molecule has 0 saturated carbocycles. The maximum atomic E-state index is 12.6. The van der Waals surface area contributed by atoms with Crippen LogP contribution in [0, 0.1) is 0 Å². The van der Waals surface area contributed by atoms with E-state index in [2.05, 4.69) is 11.9 Å². The smallest absolute Gasteiger partial charge is 0.316 e. The number of thioether (sulfide) groups is 1. The average molecular weight is 352 g/mol. The highest BCUT2D eigenvalue weighted by molar-refractivity contribution is 7.99. The minimum atomic E-state index is -0.258. The second-order valence-electron chi connectivity index (χ2n) is 5.66. The first-order chi connectivity index (χ1) is 11.1. The zero-order valence-electron chi connectivity index (χ0n) is 13.4. The predicted molar refractivity (Wildman–Crippen MR) is 93.5 cm³/mol. The molecule has 0 radical (unpaired) electrons. The Kier molecular flexibility index (Phi) is 5.06. The van der Waals surface area contributed by atoms with Crippen LogP contribution in [0.4, 0.5) is 0 Å². The highest BCUT2D eigenvalue weighted by Crippen LogP contribution is 2.35. The van der Waals surface area contributed by atoms with Crippen LogP contribution in [0.1, 0.15) is 36.6 Å². The zero-order valence-corrected chi connectivity index (χ0v) is 15.0. The van der Waals surface area contributed by atoms with Crippen molar-refractivity contribution in [1.29, 1.82) is 0 Å². The van der Waals surface area contributed by atoms with Crippen LogP contribution >= 0.6 is 23.1 Å². The molecule has 5 nitrogen and oxygen atoms in total. The molecule has 0 atom stereocenters. The Bertz CT molecular complexity index is 795. The lowest BCUT2D eigenvalue weighted by Gasteiger charge is -2.07. The lowest BCUT2D eigenvalue weighted by atomic mass is 10.2. The standard InChI is InChI=1S/C16H20N2O3S2/c1-3-4-8-21-12(19)9-22-16-17-14-13(15(20)18(16)2)10-6-5-7-11(10)23-14/h3-9H2,1-2H3. The number of nitrogens with zero attached hydrogens (tertiary/aromatic N) is 2. The van der Waals surface area contributed by atoms with Crippen LogP contribution in [0.25, 0.3) is 10.2 Å². The molecule has 2 heterocycles. The summed E-state index contributed by atoms with van der Waals surface area (Å²) in [5.74, 6) is -0.0768. The molecule has 0 unspecified atom stereocenters. The highest BCUT2D eigenvalue weighted by atomic mass is 32.2. The SMILES string of the molecule is CCCCOC(=O)CSc1nc2sc3c(c2c(=O)n1C)CCC3. The van der Waals surface area contributed by atoms with Gasteiger partial charge in [0.15, 0.2) is 5.16 Å². The number of esters is 1. The van der Waals surface area contributed by atoms with E-state index in [-0.39, 0.29) is 17.3 Å². The number of carbonyl (C=O) groups excluding carboxylic acids is 1. The van der Waals surface area contributed by atoms with Crippen molar-refractivity contribution in [3.8, 4) is 0 Å². The Morgan fingerprint density at radius 1 is 1.43 bits per heavy atom. The van der Waals surface area contributed by atoms with Crippen molar-refractivity contribution in [3.63, 3.8) is 0 Å². The first kappa shape index (κ1) is 16.5. The first-order valence-electron chi connectivity index (χ1n) is 7.91. The molecular weight excluding hydrogens is 332 g/mol. The molecule has 2 aromatic rings. The van der Waals surface area contributed by atoms with E-state index in [4.69, 9.17) is 4.74 Å². The number of carbonyl (C=O) groups is 1. The van der Waals surface area contributed by atoms with Gasteiger partial charge in [-0.2, -0.15) is 0 Å². The van der Waals surface area contributed by atoms with Gasteiger partial charge in [0.25, 0.3) is 5.56 Å². The molecule has 1 aliphatic rings. The maximum Gasteiger partial charge on any atom is 0.316 e. The molecule has 0 fully saturated rings. The molecule has 0 spiro atoms. The second kappa shape index (κ2) is 7.05. The van der Waals surface area contributed by atoms with Gasteiger partial charge in [-0.05, 0) is 31.2 Å². The molecular formula is C16H20N2O3S2. The summed E-state index contributed by atoms with van der Waals surface area (Å²) in [6.07, 6.45) is 5.02. The third-order valence-electron chi connectivity index (χ3n) is 3.99. The zero-order chi connectivity index (χ0) is 16.4. The molecule has 0 aromatic carbocycles. The van der Waals surface area contributed by atoms with Crippen LogP contribution in [0.5, 0.6) is 0 Å². The van der Waals surface area contributed by atoms with Crippen molar-refractivity contribution in [2.75, 3.05) is 12.4 Å². The van der Waals surface area contributed by atoms with Gasteiger partial charge in [-0.1, -0.05) is 25.1 Å². The summed E-state index contributed by atoms with van der Waals surface area (Å²) in [5.41, 5.74) is 1.19. The van der Waals surface area contributed by atoms with Gasteiger partial charge in [-0.15, -0.1) is 11.3 Å². The summed E-state index contributed by atoms with van der Waals surface area (Å²) in [6, 6.07) is 0. The monoisotopic (exact) mass is 352 g/mol. The number of rotatable bonds is 6. The minimum Gasteiger partial charge on any atom is -0.465 e. The summed E-state index contributed by atoms with van der Waals surface area (Å²) < 4.78 is 6.69. The highest BCUT2D eigenvalue weighted by Gasteiger charge is 2.22. The fourth-order valence-electron chi connectivity index (χ4n) is 2.73. The summed E-state index contributed by atoms with van der Waals surface area (Å²) >= 11 is 2.89. The molecule has 0 N–H and O–H groups in total. The lowest BCUT2D eigenvalue weighted by molar-refractivity contribution is -0.140. The van der Waals surface area contributed by atoms with Gasteiger partial charge in [-0.3, -0.25) is 14.2 Å². The third kappa shape index (κ3) is 3.30. The molecule has 0 bridgehead atoms. The Morgan fingerprint density at radius 2 is 2.26 bits per heavy atom. The Balaban J connectivity index is 1.78. The molecule has 124 valence electrons. The van der Waals surface area contributed by atoms with Crippen molar-refractivity contribution in [2.45, 2.75) is 44.2 Å². The number of ether oxygens (including phenoxy) is 1. The number of fused-ring (bicyclic) bond motifs is 3. The minimum absolute atomic E-state index is 0.00347. The number of aromatic nitrogens is 2. The lowest BCUT2D eigenvalue weighted by Crippen LogP contribution is -2.20. The van der Waals surface area contributed by atoms with Crippen LogP contribution in [0.3, 0.4) is 0 Å². The van der Waals surface area contributed by atoms with E-state index in [1.165, 1.54) is 22.2 Å². The van der Waals surface area contributed by atoms with E-state index < -0.39 is 0 Å². The van der Waals surface area contributed by atoms with Gasteiger partial charge in [0, 0.05) is 11.9 Å². The van der Waals surface area contributed by atoms with E-state index >= 15 is 0 Å². The quantitative estimate of drug-likeness (QED) is 0.346. The van der Waals surface area contributed by atoms with Crippen LogP contribution in [0.2, 0.25) is 0 Å². The Hall–Kier alpha value is -1.34. The van der Waals surface area contributed by atoms with Gasteiger partial charge < -0.3 is 4.74 Å². The van der Waals surface area contributed by atoms with Crippen molar-refractivity contribution in [3.05, 3.63) is 20.8 Å². The van der Waals surface area contributed by atoms with E-state index in [1.807, 2.05) is 0 Å². The van der Waals surface area contributed by atoms with Gasteiger partial charge in [0.1, 0.15) is 4.83 Å². The number of thiophene rings is 1. The fraction of sp³-hybridized carbons (Fsp3) is 0.562. The van der Waals surface area contributed by atoms with Crippen molar-refractivity contribution in [2.24, 2.45) is 7.05 Å². The summed E-state index contributed by atoms with van der Waals surface area (Å²) in [5, 5.41) is 1.36. The molecule has 23 heavy (non-hydrogen) atoms. The van der Waals surface area contributed by atoms with Crippen LogP contribution in [-0.2, 0) is 29.4 Å². The van der Waals surface area contributed by atoms with Crippen LogP contribution < -0.4 is 5.56 Å². The van der Waals surface area contributed by atoms with Crippen molar-refractivity contribution < 1.29 is 9.53 Å². The van der Waals surface area contributed by atoms with E-state index in [0.717, 1.165) is 42.3 Å². The van der Waals surface area contributed by atoms with E-state index in [9.17, 15) is 9.59 Å². The summed E-state index contributed by atoms with van der Waals surface area (Å²) in [6.45, 7) is 2.51. The van der Waals surface area contributed by atoms with E-state index in [1.54, 1.807) is 23.0 Å². The summed E-state index contributed by atoms with van der Waals surface area (Å²) in [7, 11) is 1.72. The molecule has 0 amide bonds. The molecule has 0 saturated heterocycles. The number of hydrogen-bond donors (Lipinski definition) is 0. The number of unbranched alkanes of at least 4 members (excludes halogenated alkanes) is 1. The number of hydrogen-bond acceptors (Lipinski definition) is 6. The first-order valence-corrected chi connectivity index (χ1v) is 9.71. The average Bonchev–Trinajstić information content (AvgIpc) is 3.10. The van der Waals surface area contributed by atoms with Crippen molar-refractivity contribution >= 4 is 39.3 Å². The predicted octanol–water partition coefficient (Wildman–Crippen LogP) is 2.92. The maximum absolute atomic E-state index is 12.6. The molecule has 2 aromatic heterocycles. The molecule has 7 heteroatoms. The topological polar surface area (TPSA) is 61.2 Å². The Morgan fingerprint density at radius 3 is 3.04 bits per heavy atom. The second-order valence-corrected chi connectivity index (χ2v) is 7.68. The fourth-order valence-corrected chi connectivity index (χ4v) is 4.80.